The van der Waals surface area contributed by atoms with Gasteiger partial charge >= 0.3 is 0 Å². The number of likely N-dealkylation sites (tertiary alicyclic amines) is 1. The molecule has 2 N–H and O–H groups in total. The predicted octanol–water partition coefficient (Wildman–Crippen LogP) is 1.46. The van der Waals surface area contributed by atoms with Crippen LogP contribution in [0.15, 0.2) is 30.3 Å². The number of para-hydroxylation sites is 1. The number of benzene rings is 1. The fourth-order valence-electron chi connectivity index (χ4n) is 3.38. The Hall–Kier alpha value is -1.81. The maximum Gasteiger partial charge on any atom is 0.270 e. The summed E-state index contributed by atoms with van der Waals surface area (Å²) in [6.45, 7) is 3.90. The Labute approximate surface area is 111 Å². The molecule has 2 aliphatic heterocycles. The average molecular weight is 255 g/mol. The molecule has 2 fully saturated rings. The number of H-pyrrole nitrogens is 1. The first-order valence-corrected chi connectivity index (χ1v) is 6.89. The van der Waals surface area contributed by atoms with Crippen LogP contribution in [0, 0.1) is 11.8 Å². The van der Waals surface area contributed by atoms with Gasteiger partial charge in [0.1, 0.15) is 5.69 Å². The molecule has 2 aromatic rings. The standard InChI is InChI=1S/C15H17N3O/c19-15(18-8-11-6-16-7-12(11)9-18)14-5-10-3-1-2-4-13(10)17-14/h1-5,11-12,16-17H,6-9H2. The summed E-state index contributed by atoms with van der Waals surface area (Å²) in [5, 5.41) is 4.50. The molecule has 1 aromatic carbocycles. The Morgan fingerprint density at radius 3 is 2.63 bits per heavy atom. The normalized spacial score (nSPS) is 26.0. The molecule has 0 aliphatic carbocycles. The lowest BCUT2D eigenvalue weighted by molar-refractivity contribution is 0.0777. The quantitative estimate of drug-likeness (QED) is 0.810. The Morgan fingerprint density at radius 1 is 1.16 bits per heavy atom. The number of hydrogen-bond acceptors (Lipinski definition) is 2. The van der Waals surface area contributed by atoms with Crippen molar-refractivity contribution in [2.75, 3.05) is 26.2 Å². The molecular formula is C15H17N3O. The fraction of sp³-hybridized carbons (Fsp3) is 0.400. The third-order valence-corrected chi connectivity index (χ3v) is 4.44. The van der Waals surface area contributed by atoms with Crippen molar-refractivity contribution in [3.8, 4) is 0 Å². The SMILES string of the molecule is O=C(c1cc2ccccc2[nH]1)N1CC2CNCC2C1. The van der Waals surface area contributed by atoms with Crippen LogP contribution in [0.2, 0.25) is 0 Å². The molecular weight excluding hydrogens is 238 g/mol. The van der Waals surface area contributed by atoms with Crippen LogP contribution >= 0.6 is 0 Å². The molecule has 1 amide bonds. The summed E-state index contributed by atoms with van der Waals surface area (Å²) in [7, 11) is 0. The van der Waals surface area contributed by atoms with Gasteiger partial charge in [0.2, 0.25) is 0 Å². The number of hydrogen-bond donors (Lipinski definition) is 2. The third-order valence-electron chi connectivity index (χ3n) is 4.44. The van der Waals surface area contributed by atoms with Crippen LogP contribution in [0.5, 0.6) is 0 Å². The molecule has 98 valence electrons. The zero-order chi connectivity index (χ0) is 12.8. The number of amides is 1. The van der Waals surface area contributed by atoms with Gasteiger partial charge < -0.3 is 15.2 Å². The van der Waals surface area contributed by atoms with Crippen LogP contribution in [-0.2, 0) is 0 Å². The Bertz CT molecular complexity index is 588. The minimum absolute atomic E-state index is 0.144. The molecule has 0 bridgehead atoms. The monoisotopic (exact) mass is 255 g/mol. The summed E-state index contributed by atoms with van der Waals surface area (Å²) in [6.07, 6.45) is 0. The van der Waals surface area contributed by atoms with Gasteiger partial charge in [-0.3, -0.25) is 4.79 Å². The largest absolute Gasteiger partial charge is 0.351 e. The molecule has 0 saturated carbocycles. The molecule has 4 rings (SSSR count). The summed E-state index contributed by atoms with van der Waals surface area (Å²) < 4.78 is 0. The van der Waals surface area contributed by atoms with Gasteiger partial charge in [-0.15, -0.1) is 0 Å². The van der Waals surface area contributed by atoms with Gasteiger partial charge in [0.15, 0.2) is 0 Å². The van der Waals surface area contributed by atoms with Crippen LogP contribution in [0.25, 0.3) is 10.9 Å². The van der Waals surface area contributed by atoms with Gasteiger partial charge in [0.05, 0.1) is 0 Å². The van der Waals surface area contributed by atoms with Gasteiger partial charge in [0.25, 0.3) is 5.91 Å². The molecule has 2 saturated heterocycles. The Balaban J connectivity index is 1.60. The number of carbonyl (C=O) groups excluding carboxylic acids is 1. The number of carbonyl (C=O) groups is 1. The van der Waals surface area contributed by atoms with Gasteiger partial charge in [-0.25, -0.2) is 0 Å². The molecule has 0 spiro atoms. The third kappa shape index (κ3) is 1.75. The van der Waals surface area contributed by atoms with Crippen molar-refractivity contribution >= 4 is 16.8 Å². The van der Waals surface area contributed by atoms with E-state index in [9.17, 15) is 4.79 Å². The lowest BCUT2D eigenvalue weighted by atomic mass is 10.0. The molecule has 19 heavy (non-hydrogen) atoms. The fourth-order valence-corrected chi connectivity index (χ4v) is 3.38. The van der Waals surface area contributed by atoms with E-state index in [0.29, 0.717) is 17.5 Å². The summed E-state index contributed by atoms with van der Waals surface area (Å²) in [6, 6.07) is 9.99. The van der Waals surface area contributed by atoms with Gasteiger partial charge in [-0.1, -0.05) is 18.2 Å². The van der Waals surface area contributed by atoms with Crippen LogP contribution in [-0.4, -0.2) is 42.0 Å². The summed E-state index contributed by atoms with van der Waals surface area (Å²) in [4.78, 5) is 17.8. The van der Waals surface area contributed by atoms with Crippen molar-refractivity contribution in [1.82, 2.24) is 15.2 Å². The van der Waals surface area contributed by atoms with Crippen molar-refractivity contribution in [3.05, 3.63) is 36.0 Å². The minimum atomic E-state index is 0.144. The number of rotatable bonds is 1. The summed E-state index contributed by atoms with van der Waals surface area (Å²) in [5.74, 6) is 1.44. The van der Waals surface area contributed by atoms with Crippen LogP contribution in [0.4, 0.5) is 0 Å². The van der Waals surface area contributed by atoms with Gasteiger partial charge in [-0.05, 0) is 24.0 Å². The second-order valence-electron chi connectivity index (χ2n) is 5.66. The zero-order valence-corrected chi connectivity index (χ0v) is 10.7. The number of nitrogens with zero attached hydrogens (tertiary/aromatic N) is 1. The van der Waals surface area contributed by atoms with E-state index in [2.05, 4.69) is 10.3 Å². The maximum absolute atomic E-state index is 12.5. The highest BCUT2D eigenvalue weighted by Crippen LogP contribution is 2.27. The highest BCUT2D eigenvalue weighted by atomic mass is 16.2. The van der Waals surface area contributed by atoms with Crippen LogP contribution in [0.3, 0.4) is 0 Å². The molecule has 4 nitrogen and oxygen atoms in total. The van der Waals surface area contributed by atoms with Crippen molar-refractivity contribution in [1.29, 1.82) is 0 Å². The molecule has 2 atom stereocenters. The van der Waals surface area contributed by atoms with E-state index >= 15 is 0 Å². The second kappa shape index (κ2) is 4.10. The highest BCUT2D eigenvalue weighted by Gasteiger charge is 2.38. The second-order valence-corrected chi connectivity index (χ2v) is 5.66. The first kappa shape index (κ1) is 11.1. The Kier molecular flexibility index (Phi) is 2.38. The first-order valence-electron chi connectivity index (χ1n) is 6.89. The zero-order valence-electron chi connectivity index (χ0n) is 10.7. The molecule has 2 unspecified atom stereocenters. The molecule has 3 heterocycles. The minimum Gasteiger partial charge on any atom is -0.351 e. The van der Waals surface area contributed by atoms with E-state index in [1.165, 1.54) is 0 Å². The van der Waals surface area contributed by atoms with Crippen molar-refractivity contribution in [3.63, 3.8) is 0 Å². The van der Waals surface area contributed by atoms with E-state index in [4.69, 9.17) is 0 Å². The number of fused-ring (bicyclic) bond motifs is 2. The first-order chi connectivity index (χ1) is 9.31. The van der Waals surface area contributed by atoms with Crippen molar-refractivity contribution in [2.45, 2.75) is 0 Å². The van der Waals surface area contributed by atoms with Crippen LogP contribution in [0.1, 0.15) is 10.5 Å². The molecule has 0 radical (unpaired) electrons. The van der Waals surface area contributed by atoms with E-state index in [1.54, 1.807) is 0 Å². The lowest BCUT2D eigenvalue weighted by Crippen LogP contribution is -2.32. The van der Waals surface area contributed by atoms with E-state index < -0.39 is 0 Å². The number of aromatic amines is 1. The average Bonchev–Trinajstić information content (AvgIpc) is 3.10. The topological polar surface area (TPSA) is 48.1 Å². The van der Waals surface area contributed by atoms with Crippen LogP contribution < -0.4 is 5.32 Å². The summed E-state index contributed by atoms with van der Waals surface area (Å²) >= 11 is 0. The van der Waals surface area contributed by atoms with E-state index in [1.807, 2.05) is 35.2 Å². The van der Waals surface area contributed by atoms with Gasteiger partial charge in [0, 0.05) is 37.1 Å². The van der Waals surface area contributed by atoms with E-state index in [0.717, 1.165) is 37.1 Å². The molecule has 4 heteroatoms. The predicted molar refractivity (Wildman–Crippen MR) is 74.1 cm³/mol. The Morgan fingerprint density at radius 2 is 1.89 bits per heavy atom. The van der Waals surface area contributed by atoms with Gasteiger partial charge in [-0.2, -0.15) is 0 Å². The number of nitrogens with one attached hydrogen (secondary N) is 2. The lowest BCUT2D eigenvalue weighted by Gasteiger charge is -2.16. The molecule has 1 aromatic heterocycles. The summed E-state index contributed by atoms with van der Waals surface area (Å²) in [5.41, 5.74) is 1.75. The maximum atomic E-state index is 12.5. The van der Waals surface area contributed by atoms with E-state index in [-0.39, 0.29) is 5.91 Å². The van der Waals surface area contributed by atoms with Crippen molar-refractivity contribution < 1.29 is 4.79 Å². The smallest absolute Gasteiger partial charge is 0.270 e. The number of aromatic nitrogens is 1. The van der Waals surface area contributed by atoms with Crippen molar-refractivity contribution in [2.24, 2.45) is 11.8 Å². The molecule has 2 aliphatic rings. The highest BCUT2D eigenvalue weighted by molar-refractivity contribution is 5.98.